The molecule has 1 saturated heterocycles. The number of hydrogen-bond donors (Lipinski definition) is 0. The minimum atomic E-state index is -0.180. The highest BCUT2D eigenvalue weighted by Gasteiger charge is 2.33. The van der Waals surface area contributed by atoms with Crippen LogP contribution < -0.4 is 10.5 Å². The lowest BCUT2D eigenvalue weighted by molar-refractivity contribution is -0.120. The van der Waals surface area contributed by atoms with Crippen molar-refractivity contribution in [2.24, 2.45) is 7.05 Å². The van der Waals surface area contributed by atoms with Gasteiger partial charge in [0.25, 0.3) is 5.56 Å². The third kappa shape index (κ3) is 4.35. The number of benzene rings is 2. The molecule has 0 bridgehead atoms. The summed E-state index contributed by atoms with van der Waals surface area (Å²) in [5.41, 5.74) is 4.12. The van der Waals surface area contributed by atoms with Crippen molar-refractivity contribution in [1.82, 2.24) is 19.4 Å². The summed E-state index contributed by atoms with van der Waals surface area (Å²) in [5.74, 6) is 0.984. The molecule has 36 heavy (non-hydrogen) atoms. The molecule has 2 aromatic carbocycles. The number of rotatable bonds is 7. The Labute approximate surface area is 214 Å². The SMILES string of the molecule is Cn1c(CN2Cc3ccccc3C2)nc2sc(N3CCC[C@@H]3C(=O)CCc3ccccc3)nc2c1=O. The molecular formula is C28H29N5O2S. The van der Waals surface area contributed by atoms with E-state index in [9.17, 15) is 9.59 Å². The number of ketones is 1. The van der Waals surface area contributed by atoms with Crippen LogP contribution in [0, 0.1) is 0 Å². The van der Waals surface area contributed by atoms with Crippen LogP contribution in [0.1, 0.15) is 41.8 Å². The molecule has 0 spiro atoms. The van der Waals surface area contributed by atoms with Gasteiger partial charge in [0, 0.05) is 33.1 Å². The third-order valence-electron chi connectivity index (χ3n) is 7.37. The molecule has 184 valence electrons. The number of nitrogens with zero attached hydrogens (tertiary/aromatic N) is 5. The Morgan fingerprint density at radius 3 is 2.50 bits per heavy atom. The Morgan fingerprint density at radius 1 is 1.03 bits per heavy atom. The number of carbonyl (C=O) groups excluding carboxylic acids is 1. The van der Waals surface area contributed by atoms with Gasteiger partial charge in [0.15, 0.2) is 21.3 Å². The molecule has 0 saturated carbocycles. The minimum absolute atomic E-state index is 0.125. The zero-order chi connectivity index (χ0) is 24.6. The molecule has 2 aromatic heterocycles. The quantitative estimate of drug-likeness (QED) is 0.382. The van der Waals surface area contributed by atoms with Crippen molar-refractivity contribution in [3.05, 3.63) is 87.5 Å². The van der Waals surface area contributed by atoms with E-state index in [-0.39, 0.29) is 17.4 Å². The molecule has 4 aromatic rings. The van der Waals surface area contributed by atoms with Crippen molar-refractivity contribution in [3.63, 3.8) is 0 Å². The molecule has 1 fully saturated rings. The van der Waals surface area contributed by atoms with E-state index in [1.807, 2.05) is 18.2 Å². The molecule has 8 heteroatoms. The summed E-state index contributed by atoms with van der Waals surface area (Å²) in [4.78, 5) is 41.0. The number of aromatic nitrogens is 3. The number of carbonyl (C=O) groups is 1. The second kappa shape index (κ2) is 9.59. The number of fused-ring (bicyclic) bond motifs is 2. The van der Waals surface area contributed by atoms with Crippen molar-refractivity contribution < 1.29 is 4.79 Å². The smallest absolute Gasteiger partial charge is 0.280 e. The van der Waals surface area contributed by atoms with Crippen LogP contribution in [0.25, 0.3) is 10.3 Å². The molecule has 0 unspecified atom stereocenters. The van der Waals surface area contributed by atoms with E-state index in [4.69, 9.17) is 9.97 Å². The van der Waals surface area contributed by atoms with E-state index < -0.39 is 0 Å². The largest absolute Gasteiger partial charge is 0.338 e. The van der Waals surface area contributed by atoms with Gasteiger partial charge in [-0.3, -0.25) is 19.1 Å². The number of Topliss-reactive ketones (excluding diaryl/α,β-unsaturated/α-hetero) is 1. The Kier molecular flexibility index (Phi) is 6.15. The van der Waals surface area contributed by atoms with Gasteiger partial charge in [0.05, 0.1) is 12.6 Å². The number of hydrogen-bond acceptors (Lipinski definition) is 7. The van der Waals surface area contributed by atoms with Gasteiger partial charge in [-0.25, -0.2) is 9.97 Å². The molecule has 0 amide bonds. The first-order valence-corrected chi connectivity index (χ1v) is 13.4. The molecule has 0 aliphatic carbocycles. The summed E-state index contributed by atoms with van der Waals surface area (Å²) < 4.78 is 1.63. The lowest BCUT2D eigenvalue weighted by atomic mass is 10.0. The second-order valence-electron chi connectivity index (χ2n) is 9.76. The maximum absolute atomic E-state index is 13.2. The van der Waals surface area contributed by atoms with Crippen LogP contribution in [0.15, 0.2) is 59.4 Å². The maximum Gasteiger partial charge on any atom is 0.280 e. The molecule has 6 rings (SSSR count). The Balaban J connectivity index is 1.21. The summed E-state index contributed by atoms with van der Waals surface area (Å²) in [6.07, 6.45) is 3.04. The summed E-state index contributed by atoms with van der Waals surface area (Å²) in [6.45, 7) is 3.10. The van der Waals surface area contributed by atoms with Crippen LogP contribution in [-0.2, 0) is 37.9 Å². The highest BCUT2D eigenvalue weighted by Crippen LogP contribution is 2.33. The first-order valence-electron chi connectivity index (χ1n) is 12.6. The van der Waals surface area contributed by atoms with Crippen molar-refractivity contribution >= 4 is 32.6 Å². The first-order chi connectivity index (χ1) is 17.6. The van der Waals surface area contributed by atoms with Gasteiger partial charge in [0.2, 0.25) is 0 Å². The second-order valence-corrected chi connectivity index (χ2v) is 10.7. The fourth-order valence-corrected chi connectivity index (χ4v) is 6.40. The van der Waals surface area contributed by atoms with Crippen molar-refractivity contribution in [1.29, 1.82) is 0 Å². The van der Waals surface area contributed by atoms with Crippen LogP contribution in [0.5, 0.6) is 0 Å². The predicted molar refractivity (Wildman–Crippen MR) is 142 cm³/mol. The summed E-state index contributed by atoms with van der Waals surface area (Å²) in [5, 5.41) is 0.732. The number of aryl methyl sites for hydroxylation is 1. The van der Waals surface area contributed by atoms with Gasteiger partial charge in [-0.05, 0) is 36.0 Å². The molecule has 7 nitrogen and oxygen atoms in total. The average Bonchev–Trinajstić information content (AvgIpc) is 3.64. The molecule has 2 aliphatic rings. The number of thiazole rings is 1. The van der Waals surface area contributed by atoms with Crippen molar-refractivity contribution in [2.75, 3.05) is 11.4 Å². The molecule has 2 aliphatic heterocycles. The Bertz CT molecular complexity index is 1450. The van der Waals surface area contributed by atoms with E-state index in [2.05, 4.69) is 46.2 Å². The summed E-state index contributed by atoms with van der Waals surface area (Å²) in [6, 6.07) is 18.4. The van der Waals surface area contributed by atoms with Crippen molar-refractivity contribution in [3.8, 4) is 0 Å². The summed E-state index contributed by atoms with van der Waals surface area (Å²) >= 11 is 1.43. The number of anilines is 1. The zero-order valence-corrected chi connectivity index (χ0v) is 21.2. The standard InChI is InChI=1S/C28H29N5O2S/c1-31-24(18-32-16-20-10-5-6-11-21(20)17-32)29-26-25(27(31)35)30-28(36-26)33-15-7-12-22(33)23(34)14-13-19-8-3-2-4-9-19/h2-6,8-11,22H,7,12-18H2,1H3/t22-/m1/s1. The van der Waals surface area contributed by atoms with Gasteiger partial charge in [-0.1, -0.05) is 65.9 Å². The van der Waals surface area contributed by atoms with Gasteiger partial charge in [-0.2, -0.15) is 0 Å². The van der Waals surface area contributed by atoms with Crippen LogP contribution in [0.2, 0.25) is 0 Å². The Hall–Kier alpha value is -3.36. The zero-order valence-electron chi connectivity index (χ0n) is 20.4. The predicted octanol–water partition coefficient (Wildman–Crippen LogP) is 4.08. The van der Waals surface area contributed by atoms with Crippen molar-refractivity contribution in [2.45, 2.75) is 51.4 Å². The van der Waals surface area contributed by atoms with Crippen LogP contribution in [-0.4, -0.2) is 37.8 Å². The molecule has 0 N–H and O–H groups in total. The average molecular weight is 500 g/mol. The Morgan fingerprint density at radius 2 is 1.75 bits per heavy atom. The highest BCUT2D eigenvalue weighted by atomic mass is 32.1. The van der Waals surface area contributed by atoms with Crippen LogP contribution >= 0.6 is 11.3 Å². The fraction of sp³-hybridized carbons (Fsp3) is 0.357. The molecular weight excluding hydrogens is 470 g/mol. The third-order valence-corrected chi connectivity index (χ3v) is 8.35. The van der Waals surface area contributed by atoms with E-state index in [0.717, 1.165) is 49.9 Å². The minimum Gasteiger partial charge on any atom is -0.338 e. The lowest BCUT2D eigenvalue weighted by Gasteiger charge is -2.22. The van der Waals surface area contributed by atoms with E-state index in [1.165, 1.54) is 28.0 Å². The molecule has 0 radical (unpaired) electrons. The summed E-state index contributed by atoms with van der Waals surface area (Å²) in [7, 11) is 1.78. The highest BCUT2D eigenvalue weighted by molar-refractivity contribution is 7.21. The van der Waals surface area contributed by atoms with Gasteiger partial charge < -0.3 is 4.90 Å². The topological polar surface area (TPSA) is 71.3 Å². The van der Waals surface area contributed by atoms with Crippen LogP contribution in [0.3, 0.4) is 0 Å². The molecule has 1 atom stereocenters. The fourth-order valence-electron chi connectivity index (χ4n) is 5.37. The monoisotopic (exact) mass is 499 g/mol. The van der Waals surface area contributed by atoms with Crippen LogP contribution in [0.4, 0.5) is 5.13 Å². The maximum atomic E-state index is 13.2. The first kappa shape index (κ1) is 23.1. The van der Waals surface area contributed by atoms with E-state index >= 15 is 0 Å². The van der Waals surface area contributed by atoms with Gasteiger partial charge >= 0.3 is 0 Å². The van der Waals surface area contributed by atoms with E-state index in [0.29, 0.717) is 23.3 Å². The van der Waals surface area contributed by atoms with E-state index in [1.54, 1.807) is 11.6 Å². The normalized spacial score (nSPS) is 17.7. The molecule has 4 heterocycles. The van der Waals surface area contributed by atoms with Gasteiger partial charge in [-0.15, -0.1) is 0 Å². The lowest BCUT2D eigenvalue weighted by Crippen LogP contribution is -2.36. The van der Waals surface area contributed by atoms with Gasteiger partial charge in [0.1, 0.15) is 5.82 Å².